The van der Waals surface area contributed by atoms with Gasteiger partial charge < -0.3 is 0 Å². The molecule has 47 heavy (non-hydrogen) atoms. The summed E-state index contributed by atoms with van der Waals surface area (Å²) in [4.78, 5) is 27.0. The van der Waals surface area contributed by atoms with Gasteiger partial charge in [0.25, 0.3) is 0 Å². The van der Waals surface area contributed by atoms with E-state index in [9.17, 15) is 20.1 Å². The fourth-order valence-electron chi connectivity index (χ4n) is 5.09. The van der Waals surface area contributed by atoms with Crippen LogP contribution in [0.4, 0.5) is 0 Å². The molecule has 0 saturated carbocycles. The molecule has 1 N–H and O–H groups in total. The first-order valence-corrected chi connectivity index (χ1v) is 19.0. The van der Waals surface area contributed by atoms with Crippen molar-refractivity contribution in [2.24, 2.45) is 0 Å². The van der Waals surface area contributed by atoms with E-state index in [4.69, 9.17) is 37.4 Å². The van der Waals surface area contributed by atoms with E-state index < -0.39 is 63.3 Å². The zero-order valence-electron chi connectivity index (χ0n) is 28.7. The SMILES string of the molecule is B[PH](OC[C@H]1O[C@@H](n2ccc(=O)[nH]c2=O)[C@@H](OC)C1OP(OCCC#N)N(CCC)CCC)(OC(C)(C)CC#N)OC(C)(C)CC#N. The summed E-state index contributed by atoms with van der Waals surface area (Å²) in [5, 5.41) is 28.0. The molecule has 0 aromatic carbocycles. The van der Waals surface area contributed by atoms with Gasteiger partial charge in [-0.2, -0.15) is 0 Å². The van der Waals surface area contributed by atoms with Crippen LogP contribution in [-0.4, -0.2) is 84.7 Å². The Balaban J connectivity index is 2.56. The van der Waals surface area contributed by atoms with E-state index in [0.717, 1.165) is 12.8 Å². The Bertz CT molecular complexity index is 1340. The molecule has 0 aliphatic carbocycles. The number of aromatic nitrogens is 2. The summed E-state index contributed by atoms with van der Waals surface area (Å²) in [6.07, 6.45) is -0.333. The third kappa shape index (κ3) is 12.6. The summed E-state index contributed by atoms with van der Waals surface area (Å²) in [5.41, 5.74) is -3.13. The summed E-state index contributed by atoms with van der Waals surface area (Å²) in [5.74, 6) is 0. The van der Waals surface area contributed by atoms with E-state index in [1.165, 1.54) is 23.9 Å². The van der Waals surface area contributed by atoms with Crippen molar-refractivity contribution >= 4 is 23.9 Å². The van der Waals surface area contributed by atoms with Gasteiger partial charge in [-0.05, 0) is 0 Å². The maximum absolute atomic E-state index is 12.9. The Morgan fingerprint density at radius 1 is 1.04 bits per heavy atom. The van der Waals surface area contributed by atoms with Gasteiger partial charge in [-0.1, -0.05) is 0 Å². The van der Waals surface area contributed by atoms with E-state index in [1.807, 2.05) is 13.8 Å². The molecule has 1 aromatic heterocycles. The van der Waals surface area contributed by atoms with E-state index in [-0.39, 0.29) is 32.5 Å². The first-order valence-electron chi connectivity index (χ1n) is 15.7. The molecule has 5 atom stereocenters. The average molecular weight is 699 g/mol. The number of methoxy groups -OCH3 is 1. The van der Waals surface area contributed by atoms with Crippen molar-refractivity contribution in [3.8, 4) is 18.2 Å². The van der Waals surface area contributed by atoms with Gasteiger partial charge in [0.2, 0.25) is 0 Å². The van der Waals surface area contributed by atoms with E-state index in [0.29, 0.717) is 13.1 Å². The Labute approximate surface area is 279 Å². The van der Waals surface area contributed by atoms with Crippen LogP contribution in [0.2, 0.25) is 0 Å². The van der Waals surface area contributed by atoms with Gasteiger partial charge >= 0.3 is 280 Å². The molecular weight excluding hydrogens is 649 g/mol. The van der Waals surface area contributed by atoms with Crippen molar-refractivity contribution in [3.05, 3.63) is 33.1 Å². The molecule has 0 bridgehead atoms. The minimum absolute atomic E-state index is 0.0601. The topological polar surface area (TPSA) is 194 Å². The fourth-order valence-corrected chi connectivity index (χ4v) is 9.66. The number of H-pyrrole nitrogens is 1. The molecule has 2 rings (SSSR count). The number of hydrogen-bond donors (Lipinski definition) is 1. The van der Waals surface area contributed by atoms with Crippen molar-refractivity contribution in [2.75, 3.05) is 33.4 Å². The number of hydrogen-bond acceptors (Lipinski definition) is 13. The van der Waals surface area contributed by atoms with Gasteiger partial charge in [0.15, 0.2) is 0 Å². The number of rotatable bonds is 21. The molecule has 262 valence electrons. The quantitative estimate of drug-likeness (QED) is 0.111. The van der Waals surface area contributed by atoms with Gasteiger partial charge in [-0.25, -0.2) is 0 Å². The van der Waals surface area contributed by atoms with Crippen LogP contribution in [0.5, 0.6) is 0 Å². The Morgan fingerprint density at radius 3 is 2.13 bits per heavy atom. The third-order valence-electron chi connectivity index (χ3n) is 6.95. The first-order chi connectivity index (χ1) is 22.2. The monoisotopic (exact) mass is 698 g/mol. The van der Waals surface area contributed by atoms with Gasteiger partial charge in [0.05, 0.1) is 0 Å². The van der Waals surface area contributed by atoms with Crippen LogP contribution in [0, 0.1) is 34.0 Å². The van der Waals surface area contributed by atoms with Crippen LogP contribution in [0.25, 0.3) is 0 Å². The number of nitrogens with zero attached hydrogens (tertiary/aromatic N) is 5. The van der Waals surface area contributed by atoms with Crippen LogP contribution in [-0.2, 0) is 32.1 Å². The van der Waals surface area contributed by atoms with Crippen molar-refractivity contribution < 1.29 is 32.1 Å². The second kappa shape index (κ2) is 19.1. The van der Waals surface area contributed by atoms with Gasteiger partial charge in [0, 0.05) is 0 Å². The molecule has 0 radical (unpaired) electrons. The van der Waals surface area contributed by atoms with E-state index in [2.05, 4.69) is 27.9 Å². The second-order valence-corrected chi connectivity index (χ2v) is 16.3. The predicted octanol–water partition coefficient (Wildman–Crippen LogP) is 3.59. The molecule has 15 nitrogen and oxygen atoms in total. The van der Waals surface area contributed by atoms with Crippen LogP contribution in [0.1, 0.15) is 79.9 Å². The molecule has 18 heteroatoms. The van der Waals surface area contributed by atoms with Crippen molar-refractivity contribution in [1.82, 2.24) is 14.2 Å². The van der Waals surface area contributed by atoms with Crippen LogP contribution in [0.3, 0.4) is 0 Å². The summed E-state index contributed by atoms with van der Waals surface area (Å²) < 4.78 is 47.6. The third-order valence-corrected chi connectivity index (χ3v) is 11.2. The number of ether oxygens (including phenoxy) is 2. The predicted molar refractivity (Wildman–Crippen MR) is 180 cm³/mol. The molecule has 1 aromatic rings. The average Bonchev–Trinajstić information content (AvgIpc) is 3.31. The second-order valence-electron chi connectivity index (χ2n) is 12.4. The first kappa shape index (κ1) is 40.9. The van der Waals surface area contributed by atoms with Gasteiger partial charge in [-0.3, -0.25) is 0 Å². The van der Waals surface area contributed by atoms with Crippen LogP contribution in [0.15, 0.2) is 21.9 Å². The molecule has 0 amide bonds. The normalized spacial score (nSPS) is 21.2. The van der Waals surface area contributed by atoms with Crippen LogP contribution >= 0.6 is 16.3 Å². The zero-order chi connectivity index (χ0) is 35.3. The number of nitrogens with one attached hydrogen (secondary N) is 1. The molecule has 2 unspecified atom stereocenters. The molecule has 2 heterocycles. The molecule has 1 aliphatic heterocycles. The summed E-state index contributed by atoms with van der Waals surface area (Å²) >= 11 is 0. The number of nitriles is 3. The Kier molecular flexibility index (Phi) is 16.6. The zero-order valence-corrected chi connectivity index (χ0v) is 30.6. The van der Waals surface area contributed by atoms with Crippen molar-refractivity contribution in [3.63, 3.8) is 0 Å². The summed E-state index contributed by atoms with van der Waals surface area (Å²) in [6, 6.07) is 7.54. The van der Waals surface area contributed by atoms with Crippen molar-refractivity contribution in [2.45, 2.75) is 109 Å². The fraction of sp³-hybridized carbons (Fsp3) is 0.759. The molecule has 1 fully saturated rings. The summed E-state index contributed by atoms with van der Waals surface area (Å²) in [7, 11) is -2.18. The Hall–Kier alpha value is -2.25. The molecule has 1 aliphatic rings. The Morgan fingerprint density at radius 2 is 1.64 bits per heavy atom. The molecular formula is C29H49BN6O9P2. The maximum atomic E-state index is 12.9. The van der Waals surface area contributed by atoms with E-state index in [1.54, 1.807) is 35.3 Å². The van der Waals surface area contributed by atoms with Crippen molar-refractivity contribution in [1.29, 1.82) is 15.8 Å². The van der Waals surface area contributed by atoms with Gasteiger partial charge in [-0.15, -0.1) is 0 Å². The van der Waals surface area contributed by atoms with Crippen LogP contribution < -0.4 is 11.2 Å². The molecule has 0 spiro atoms. The summed E-state index contributed by atoms with van der Waals surface area (Å²) in [6.45, 7) is 12.5. The number of aromatic amines is 1. The van der Waals surface area contributed by atoms with Gasteiger partial charge in [0.1, 0.15) is 0 Å². The van der Waals surface area contributed by atoms with E-state index >= 15 is 0 Å². The standard InChI is InChI=1S/C29H49BN6O9P2/c1-8-17-35(18-9-2)46(40-20-10-14-31)43-24-22(42-26(25(24)39-7)36-19-11-23(37)34-27(36)38)21-41-47(30,44-28(3,4)12-15-32)45-29(5,6)13-16-33/h11,19,22,24-26,47H,8-10,12-13,17-18,20-21,30H2,1-7H3,(H,34,37,38)/t22-,24?,25+,26-,46?/m1/s1. The minimum atomic E-state index is -3.62. The molecule has 1 saturated heterocycles.